The van der Waals surface area contributed by atoms with Crippen LogP contribution < -0.4 is 15.4 Å². The molecule has 0 aliphatic heterocycles. The minimum atomic E-state index is -0.726. The number of ether oxygens (including phenoxy) is 1. The summed E-state index contributed by atoms with van der Waals surface area (Å²) in [7, 11) is 0. The van der Waals surface area contributed by atoms with Gasteiger partial charge in [0.05, 0.1) is 4.47 Å². The monoisotopic (exact) mass is 486 g/mol. The van der Waals surface area contributed by atoms with Gasteiger partial charge in [0.25, 0.3) is 11.8 Å². The molecule has 2 N–H and O–H groups in total. The van der Waals surface area contributed by atoms with Crippen LogP contribution in [0.2, 0.25) is 5.02 Å². The van der Waals surface area contributed by atoms with Gasteiger partial charge in [-0.3, -0.25) is 9.59 Å². The summed E-state index contributed by atoms with van der Waals surface area (Å²) in [5, 5.41) is 6.22. The van der Waals surface area contributed by atoms with E-state index in [0.717, 1.165) is 5.56 Å². The fraction of sp³-hybridized carbons (Fsp3) is 0.130. The van der Waals surface area contributed by atoms with Crippen LogP contribution in [-0.4, -0.2) is 17.9 Å². The molecule has 0 spiro atoms. The zero-order valence-corrected chi connectivity index (χ0v) is 18.5. The van der Waals surface area contributed by atoms with E-state index in [1.165, 1.54) is 0 Å². The molecule has 0 saturated heterocycles. The van der Waals surface area contributed by atoms with Crippen molar-refractivity contribution in [2.45, 2.75) is 19.6 Å². The Labute approximate surface area is 188 Å². The molecule has 3 aromatic rings. The van der Waals surface area contributed by atoms with Gasteiger partial charge >= 0.3 is 0 Å². The highest BCUT2D eigenvalue weighted by Crippen LogP contribution is 2.28. The molecule has 2 amide bonds. The molecule has 0 fully saturated rings. The first-order valence-electron chi connectivity index (χ1n) is 9.27. The summed E-state index contributed by atoms with van der Waals surface area (Å²) in [4.78, 5) is 24.7. The third kappa shape index (κ3) is 6.08. The summed E-state index contributed by atoms with van der Waals surface area (Å²) in [5.41, 5.74) is 2.11. The number of benzene rings is 3. The van der Waals surface area contributed by atoms with Gasteiger partial charge in [-0.05, 0) is 70.9 Å². The van der Waals surface area contributed by atoms with Crippen LogP contribution in [0.5, 0.6) is 5.75 Å². The molecular formula is C23H20BrClN2O3. The smallest absolute Gasteiger partial charge is 0.265 e. The van der Waals surface area contributed by atoms with Crippen LogP contribution in [-0.2, 0) is 11.3 Å². The van der Waals surface area contributed by atoms with Gasteiger partial charge in [0.15, 0.2) is 6.10 Å². The van der Waals surface area contributed by atoms with E-state index < -0.39 is 6.10 Å². The standard InChI is InChI=1S/C23H20BrClN2O3/c1-15(30-21-12-9-18(25)13-20(21)24)22(28)27-19-10-7-17(8-11-19)23(29)26-14-16-5-3-2-4-6-16/h2-13,15H,14H2,1H3,(H,26,29)(H,27,28). The molecule has 154 valence electrons. The van der Waals surface area contributed by atoms with Gasteiger partial charge in [0, 0.05) is 22.8 Å². The molecule has 30 heavy (non-hydrogen) atoms. The van der Waals surface area contributed by atoms with Crippen molar-refractivity contribution in [2.24, 2.45) is 0 Å². The SMILES string of the molecule is CC(Oc1ccc(Cl)cc1Br)C(=O)Nc1ccc(C(=O)NCc2ccccc2)cc1. The van der Waals surface area contributed by atoms with Crippen LogP contribution in [0.1, 0.15) is 22.8 Å². The zero-order valence-electron chi connectivity index (χ0n) is 16.2. The van der Waals surface area contributed by atoms with Crippen LogP contribution in [0.3, 0.4) is 0 Å². The van der Waals surface area contributed by atoms with E-state index in [1.807, 2.05) is 30.3 Å². The number of rotatable bonds is 7. The molecule has 3 rings (SSSR count). The molecule has 1 atom stereocenters. The Bertz CT molecular complexity index is 1030. The van der Waals surface area contributed by atoms with Crippen LogP contribution in [0.4, 0.5) is 5.69 Å². The Hall–Kier alpha value is -2.83. The van der Waals surface area contributed by atoms with Crippen molar-refractivity contribution in [2.75, 3.05) is 5.32 Å². The first-order valence-corrected chi connectivity index (χ1v) is 10.4. The van der Waals surface area contributed by atoms with E-state index in [-0.39, 0.29) is 11.8 Å². The Kier molecular flexibility index (Phi) is 7.49. The maximum Gasteiger partial charge on any atom is 0.265 e. The zero-order chi connectivity index (χ0) is 21.5. The van der Waals surface area contributed by atoms with Gasteiger partial charge < -0.3 is 15.4 Å². The molecular weight excluding hydrogens is 468 g/mol. The third-order valence-electron chi connectivity index (χ3n) is 4.28. The number of anilines is 1. The molecule has 3 aromatic carbocycles. The quantitative estimate of drug-likeness (QED) is 0.466. The average molecular weight is 488 g/mol. The second-order valence-electron chi connectivity index (χ2n) is 6.57. The van der Waals surface area contributed by atoms with Crippen molar-refractivity contribution in [3.05, 3.63) is 93.4 Å². The average Bonchev–Trinajstić information content (AvgIpc) is 2.75. The van der Waals surface area contributed by atoms with Crippen LogP contribution in [0.25, 0.3) is 0 Å². The highest BCUT2D eigenvalue weighted by atomic mass is 79.9. The number of carbonyl (C=O) groups is 2. The van der Waals surface area contributed by atoms with Crippen molar-refractivity contribution in [1.29, 1.82) is 0 Å². The Morgan fingerprint density at radius 3 is 2.40 bits per heavy atom. The normalized spacial score (nSPS) is 11.4. The number of nitrogens with one attached hydrogen (secondary N) is 2. The Morgan fingerprint density at radius 1 is 1.03 bits per heavy atom. The van der Waals surface area contributed by atoms with Gasteiger partial charge in [0.1, 0.15) is 5.75 Å². The lowest BCUT2D eigenvalue weighted by atomic mass is 10.1. The largest absolute Gasteiger partial charge is 0.480 e. The molecule has 7 heteroatoms. The van der Waals surface area contributed by atoms with E-state index in [4.69, 9.17) is 16.3 Å². The van der Waals surface area contributed by atoms with Crippen LogP contribution in [0, 0.1) is 0 Å². The van der Waals surface area contributed by atoms with Gasteiger partial charge in [-0.1, -0.05) is 41.9 Å². The lowest BCUT2D eigenvalue weighted by Crippen LogP contribution is -2.30. The van der Waals surface area contributed by atoms with E-state index in [2.05, 4.69) is 26.6 Å². The number of carbonyl (C=O) groups excluding carboxylic acids is 2. The number of halogens is 2. The van der Waals surface area contributed by atoms with Crippen LogP contribution in [0.15, 0.2) is 77.3 Å². The van der Waals surface area contributed by atoms with Gasteiger partial charge in [0.2, 0.25) is 0 Å². The van der Waals surface area contributed by atoms with Crippen molar-refractivity contribution < 1.29 is 14.3 Å². The summed E-state index contributed by atoms with van der Waals surface area (Å²) in [6.07, 6.45) is -0.726. The number of amides is 2. The van der Waals surface area contributed by atoms with Crippen LogP contribution >= 0.6 is 27.5 Å². The minimum Gasteiger partial charge on any atom is -0.480 e. The first kappa shape index (κ1) is 21.9. The minimum absolute atomic E-state index is 0.180. The fourth-order valence-electron chi connectivity index (χ4n) is 2.64. The molecule has 0 saturated carbocycles. The summed E-state index contributed by atoms with van der Waals surface area (Å²) < 4.78 is 6.36. The Morgan fingerprint density at radius 2 is 1.73 bits per heavy atom. The molecule has 0 aromatic heterocycles. The Balaban J connectivity index is 1.54. The summed E-state index contributed by atoms with van der Waals surface area (Å²) in [5.74, 6) is 0.0339. The third-order valence-corrected chi connectivity index (χ3v) is 5.13. The molecule has 1 unspecified atom stereocenters. The lowest BCUT2D eigenvalue weighted by Gasteiger charge is -2.16. The predicted octanol–water partition coefficient (Wildman–Crippen LogP) is 5.44. The summed E-state index contributed by atoms with van der Waals surface area (Å²) in [6, 6.07) is 21.4. The van der Waals surface area contributed by atoms with Gasteiger partial charge in [-0.25, -0.2) is 0 Å². The predicted molar refractivity (Wildman–Crippen MR) is 122 cm³/mol. The summed E-state index contributed by atoms with van der Waals surface area (Å²) >= 11 is 9.28. The summed E-state index contributed by atoms with van der Waals surface area (Å²) in [6.45, 7) is 2.11. The first-order chi connectivity index (χ1) is 14.4. The van der Waals surface area contributed by atoms with Crippen molar-refractivity contribution in [3.63, 3.8) is 0 Å². The molecule has 0 aliphatic rings. The lowest BCUT2D eigenvalue weighted by molar-refractivity contribution is -0.122. The van der Waals surface area contributed by atoms with Gasteiger partial charge in [-0.15, -0.1) is 0 Å². The highest BCUT2D eigenvalue weighted by molar-refractivity contribution is 9.10. The molecule has 0 bridgehead atoms. The second kappa shape index (κ2) is 10.3. The molecule has 5 nitrogen and oxygen atoms in total. The maximum absolute atomic E-state index is 12.4. The maximum atomic E-state index is 12.4. The molecule has 0 aliphatic carbocycles. The van der Waals surface area contributed by atoms with E-state index in [1.54, 1.807) is 49.4 Å². The van der Waals surface area contributed by atoms with E-state index in [0.29, 0.717) is 33.0 Å². The van der Waals surface area contributed by atoms with E-state index in [9.17, 15) is 9.59 Å². The second-order valence-corrected chi connectivity index (χ2v) is 7.86. The van der Waals surface area contributed by atoms with Gasteiger partial charge in [-0.2, -0.15) is 0 Å². The topological polar surface area (TPSA) is 67.4 Å². The highest BCUT2D eigenvalue weighted by Gasteiger charge is 2.16. The number of hydrogen-bond acceptors (Lipinski definition) is 3. The van der Waals surface area contributed by atoms with E-state index >= 15 is 0 Å². The van der Waals surface area contributed by atoms with Crippen molar-refractivity contribution in [1.82, 2.24) is 5.32 Å². The fourth-order valence-corrected chi connectivity index (χ4v) is 3.42. The molecule has 0 radical (unpaired) electrons. The van der Waals surface area contributed by atoms with Crippen molar-refractivity contribution >= 4 is 45.0 Å². The number of hydrogen-bond donors (Lipinski definition) is 2. The molecule has 0 heterocycles. The van der Waals surface area contributed by atoms with Crippen molar-refractivity contribution in [3.8, 4) is 5.75 Å².